The number of aryl methyl sites for hydroxylation is 1. The summed E-state index contributed by atoms with van der Waals surface area (Å²) in [6.45, 7) is 4.38. The first-order valence-corrected chi connectivity index (χ1v) is 11.0. The topological polar surface area (TPSA) is 3.24 Å². The summed E-state index contributed by atoms with van der Waals surface area (Å²) in [5.74, 6) is 0. The highest BCUT2D eigenvalue weighted by molar-refractivity contribution is 6.31. The third kappa shape index (κ3) is 4.77. The Balaban J connectivity index is 1.74. The molecular formula is C25H22Cl2F3N. The standard InChI is InChI=1S/C25H22Cl2F3N/c1-2-17-5-6-18-11-12-31(14-16-3-8-20(26)9-4-16)15-21(18)24(17)19-7-10-23(27)22(13-19)25(28,29)30/h3-10,13H,2,11-12,14-15H2,1H3. The van der Waals surface area contributed by atoms with Gasteiger partial charge in [0.1, 0.15) is 0 Å². The quantitative estimate of drug-likeness (QED) is 0.381. The number of rotatable bonds is 4. The second kappa shape index (κ2) is 8.85. The van der Waals surface area contributed by atoms with Gasteiger partial charge in [0, 0.05) is 24.7 Å². The lowest BCUT2D eigenvalue weighted by molar-refractivity contribution is -0.137. The zero-order chi connectivity index (χ0) is 22.2. The number of halogens is 5. The molecule has 1 nitrogen and oxygen atoms in total. The third-order valence-electron chi connectivity index (χ3n) is 5.84. The summed E-state index contributed by atoms with van der Waals surface area (Å²) in [5.41, 5.74) is 5.19. The fourth-order valence-electron chi connectivity index (χ4n) is 4.27. The summed E-state index contributed by atoms with van der Waals surface area (Å²) < 4.78 is 40.5. The van der Waals surface area contributed by atoms with Gasteiger partial charge >= 0.3 is 6.18 Å². The fraction of sp³-hybridized carbons (Fsp3) is 0.280. The van der Waals surface area contributed by atoms with Crippen molar-refractivity contribution in [3.63, 3.8) is 0 Å². The van der Waals surface area contributed by atoms with Crippen molar-refractivity contribution in [2.45, 2.75) is 39.0 Å². The zero-order valence-corrected chi connectivity index (χ0v) is 18.6. The molecule has 0 atom stereocenters. The van der Waals surface area contributed by atoms with E-state index in [0.717, 1.165) is 48.2 Å². The van der Waals surface area contributed by atoms with Gasteiger partial charge in [-0.05, 0) is 70.5 Å². The normalized spacial score (nSPS) is 14.5. The van der Waals surface area contributed by atoms with Gasteiger partial charge in [0.05, 0.1) is 10.6 Å². The van der Waals surface area contributed by atoms with E-state index >= 15 is 0 Å². The number of alkyl halides is 3. The van der Waals surface area contributed by atoms with Crippen LogP contribution in [0.4, 0.5) is 13.2 Å². The molecule has 0 aliphatic carbocycles. The molecule has 3 aromatic carbocycles. The van der Waals surface area contributed by atoms with E-state index in [1.54, 1.807) is 6.07 Å². The van der Waals surface area contributed by atoms with Crippen LogP contribution in [-0.2, 0) is 32.1 Å². The van der Waals surface area contributed by atoms with Crippen LogP contribution in [0, 0.1) is 0 Å². The molecule has 0 bridgehead atoms. The highest BCUT2D eigenvalue weighted by atomic mass is 35.5. The second-order valence-electron chi connectivity index (χ2n) is 7.87. The van der Waals surface area contributed by atoms with Gasteiger partial charge in [0.2, 0.25) is 0 Å². The van der Waals surface area contributed by atoms with Gasteiger partial charge in [0.25, 0.3) is 0 Å². The first-order chi connectivity index (χ1) is 14.8. The van der Waals surface area contributed by atoms with Crippen LogP contribution < -0.4 is 0 Å². The van der Waals surface area contributed by atoms with Crippen LogP contribution in [0.3, 0.4) is 0 Å². The Hall–Kier alpha value is -2.01. The molecule has 1 aliphatic rings. The van der Waals surface area contributed by atoms with Crippen LogP contribution in [0.1, 0.15) is 34.7 Å². The average molecular weight is 464 g/mol. The minimum absolute atomic E-state index is 0.275. The first-order valence-electron chi connectivity index (χ1n) is 10.2. The number of nitrogens with zero attached hydrogens (tertiary/aromatic N) is 1. The largest absolute Gasteiger partial charge is 0.417 e. The molecule has 1 aliphatic heterocycles. The predicted molar refractivity (Wildman–Crippen MR) is 121 cm³/mol. The van der Waals surface area contributed by atoms with Crippen molar-refractivity contribution in [2.75, 3.05) is 6.54 Å². The zero-order valence-electron chi connectivity index (χ0n) is 17.1. The fourth-order valence-corrected chi connectivity index (χ4v) is 4.62. The molecular weight excluding hydrogens is 442 g/mol. The molecule has 0 aromatic heterocycles. The summed E-state index contributed by atoms with van der Waals surface area (Å²) in [6, 6.07) is 16.2. The molecule has 0 N–H and O–H groups in total. The highest BCUT2D eigenvalue weighted by Gasteiger charge is 2.34. The van der Waals surface area contributed by atoms with Gasteiger partial charge in [-0.25, -0.2) is 0 Å². The van der Waals surface area contributed by atoms with Crippen molar-refractivity contribution in [1.82, 2.24) is 4.90 Å². The Labute approximate surface area is 190 Å². The molecule has 0 radical (unpaired) electrons. The number of fused-ring (bicyclic) bond motifs is 1. The molecule has 1 heterocycles. The lowest BCUT2D eigenvalue weighted by atomic mass is 9.86. The van der Waals surface area contributed by atoms with Gasteiger partial charge in [-0.3, -0.25) is 4.90 Å². The van der Waals surface area contributed by atoms with E-state index in [1.807, 2.05) is 37.3 Å². The maximum Gasteiger partial charge on any atom is 0.417 e. The lowest BCUT2D eigenvalue weighted by Crippen LogP contribution is -2.30. The maximum atomic E-state index is 13.5. The molecule has 6 heteroatoms. The van der Waals surface area contributed by atoms with E-state index in [1.165, 1.54) is 17.7 Å². The minimum atomic E-state index is -4.49. The Morgan fingerprint density at radius 2 is 1.71 bits per heavy atom. The van der Waals surface area contributed by atoms with E-state index in [-0.39, 0.29) is 5.02 Å². The average Bonchev–Trinajstić information content (AvgIpc) is 2.74. The van der Waals surface area contributed by atoms with Gasteiger partial charge in [0.15, 0.2) is 0 Å². The number of benzene rings is 3. The molecule has 162 valence electrons. The van der Waals surface area contributed by atoms with E-state index in [9.17, 15) is 13.2 Å². The summed E-state index contributed by atoms with van der Waals surface area (Å²) in [6.07, 6.45) is -2.89. The third-order valence-corrected chi connectivity index (χ3v) is 6.42. The van der Waals surface area contributed by atoms with Crippen molar-refractivity contribution >= 4 is 23.2 Å². The Morgan fingerprint density at radius 3 is 2.39 bits per heavy atom. The van der Waals surface area contributed by atoms with Crippen molar-refractivity contribution in [3.8, 4) is 11.1 Å². The van der Waals surface area contributed by atoms with Crippen LogP contribution in [0.15, 0.2) is 54.6 Å². The Bertz CT molecular complexity index is 1090. The highest BCUT2D eigenvalue weighted by Crippen LogP contribution is 2.40. The molecule has 0 fully saturated rings. The summed E-state index contributed by atoms with van der Waals surface area (Å²) in [7, 11) is 0. The summed E-state index contributed by atoms with van der Waals surface area (Å²) >= 11 is 11.9. The number of hydrogen-bond acceptors (Lipinski definition) is 1. The molecule has 0 unspecified atom stereocenters. The van der Waals surface area contributed by atoms with Gasteiger partial charge in [-0.15, -0.1) is 0 Å². The summed E-state index contributed by atoms with van der Waals surface area (Å²) in [4.78, 5) is 2.33. The van der Waals surface area contributed by atoms with Crippen molar-refractivity contribution < 1.29 is 13.2 Å². The van der Waals surface area contributed by atoms with E-state index in [2.05, 4.69) is 11.0 Å². The predicted octanol–water partition coefficient (Wildman–Crippen LogP) is 7.80. The van der Waals surface area contributed by atoms with Crippen LogP contribution >= 0.6 is 23.2 Å². The Morgan fingerprint density at radius 1 is 0.968 bits per heavy atom. The molecule has 0 amide bonds. The molecule has 31 heavy (non-hydrogen) atoms. The smallest absolute Gasteiger partial charge is 0.294 e. The molecule has 3 aromatic rings. The van der Waals surface area contributed by atoms with Crippen molar-refractivity contribution in [1.29, 1.82) is 0 Å². The second-order valence-corrected chi connectivity index (χ2v) is 8.71. The molecule has 0 saturated heterocycles. The molecule has 0 spiro atoms. The van der Waals surface area contributed by atoms with E-state index in [4.69, 9.17) is 23.2 Å². The van der Waals surface area contributed by atoms with Crippen molar-refractivity contribution in [2.24, 2.45) is 0 Å². The SMILES string of the molecule is CCc1ccc2c(c1-c1ccc(Cl)c(C(F)(F)F)c1)CN(Cc1ccc(Cl)cc1)CC2. The summed E-state index contributed by atoms with van der Waals surface area (Å²) in [5, 5.41) is 0.425. The molecule has 0 saturated carbocycles. The lowest BCUT2D eigenvalue weighted by Gasteiger charge is -2.31. The van der Waals surface area contributed by atoms with E-state index < -0.39 is 11.7 Å². The van der Waals surface area contributed by atoms with Crippen LogP contribution in [0.25, 0.3) is 11.1 Å². The first kappa shape index (κ1) is 22.2. The van der Waals surface area contributed by atoms with Gasteiger partial charge in [-0.2, -0.15) is 13.2 Å². The van der Waals surface area contributed by atoms with Crippen LogP contribution in [-0.4, -0.2) is 11.4 Å². The van der Waals surface area contributed by atoms with Gasteiger partial charge < -0.3 is 0 Å². The minimum Gasteiger partial charge on any atom is -0.294 e. The van der Waals surface area contributed by atoms with Crippen molar-refractivity contribution in [3.05, 3.63) is 92.5 Å². The van der Waals surface area contributed by atoms with E-state index in [0.29, 0.717) is 17.1 Å². The maximum absolute atomic E-state index is 13.5. The Kier molecular flexibility index (Phi) is 6.34. The van der Waals surface area contributed by atoms with Gasteiger partial charge in [-0.1, -0.05) is 60.5 Å². The van der Waals surface area contributed by atoms with Crippen LogP contribution in [0.2, 0.25) is 10.0 Å². The number of hydrogen-bond donors (Lipinski definition) is 0. The monoisotopic (exact) mass is 463 g/mol. The molecule has 4 rings (SSSR count). The van der Waals surface area contributed by atoms with Crippen LogP contribution in [0.5, 0.6) is 0 Å².